The summed E-state index contributed by atoms with van der Waals surface area (Å²) >= 11 is 1.24. The Morgan fingerprint density at radius 3 is 2.71 bits per heavy atom. The average molecular weight is 343 g/mol. The van der Waals surface area contributed by atoms with E-state index in [1.54, 1.807) is 20.8 Å². The zero-order valence-corrected chi connectivity index (χ0v) is 14.4. The molecule has 7 heteroatoms. The summed E-state index contributed by atoms with van der Waals surface area (Å²) in [4.78, 5) is 24.5. The van der Waals surface area contributed by atoms with Crippen LogP contribution in [-0.4, -0.2) is 32.6 Å². The molecule has 124 valence electrons. The van der Waals surface area contributed by atoms with Crippen molar-refractivity contribution in [2.45, 2.75) is 20.8 Å². The summed E-state index contributed by atoms with van der Waals surface area (Å²) in [5, 5.41) is 9.76. The number of benzene rings is 1. The molecule has 0 aliphatic carbocycles. The number of aromatic nitrogens is 3. The molecular formula is C17H17N3O3S. The fourth-order valence-corrected chi connectivity index (χ4v) is 3.40. The number of imidazole rings is 1. The van der Waals surface area contributed by atoms with Gasteiger partial charge in [-0.15, -0.1) is 11.3 Å². The van der Waals surface area contributed by atoms with E-state index < -0.39 is 5.97 Å². The highest BCUT2D eigenvalue weighted by Crippen LogP contribution is 2.16. The van der Waals surface area contributed by atoms with Gasteiger partial charge in [0.1, 0.15) is 21.8 Å². The lowest BCUT2D eigenvalue weighted by Crippen LogP contribution is -2.18. The maximum Gasteiger partial charge on any atom is 0.345 e. The van der Waals surface area contributed by atoms with Gasteiger partial charge < -0.3 is 14.8 Å². The lowest BCUT2D eigenvalue weighted by Gasteiger charge is -2.02. The lowest BCUT2D eigenvalue weighted by molar-refractivity contribution is -0.136. The van der Waals surface area contributed by atoms with Crippen LogP contribution in [0.15, 0.2) is 24.3 Å². The second kappa shape index (κ2) is 6.45. The molecule has 0 amide bonds. The van der Waals surface area contributed by atoms with Gasteiger partial charge in [-0.05, 0) is 32.9 Å². The van der Waals surface area contributed by atoms with Gasteiger partial charge in [0.15, 0.2) is 0 Å². The van der Waals surface area contributed by atoms with Crippen molar-refractivity contribution in [2.24, 2.45) is 0 Å². The number of rotatable bonds is 3. The van der Waals surface area contributed by atoms with Crippen molar-refractivity contribution in [2.75, 3.05) is 6.61 Å². The Labute approximate surface area is 142 Å². The first-order valence-corrected chi connectivity index (χ1v) is 8.32. The van der Waals surface area contributed by atoms with Crippen LogP contribution in [0.4, 0.5) is 0 Å². The Hall–Kier alpha value is -2.67. The molecule has 0 fully saturated rings. The van der Waals surface area contributed by atoms with Crippen LogP contribution in [-0.2, 0) is 9.53 Å². The number of fused-ring (bicyclic) bond motifs is 1. The summed E-state index contributed by atoms with van der Waals surface area (Å²) in [5.41, 5.74) is 2.52. The van der Waals surface area contributed by atoms with Crippen molar-refractivity contribution in [3.05, 3.63) is 45.0 Å². The number of aryl methyl sites for hydroxylation is 1. The molecule has 3 aromatic rings. The first-order chi connectivity index (χ1) is 11.5. The molecular weight excluding hydrogens is 326 g/mol. The average Bonchev–Trinajstić information content (AvgIpc) is 3.11. The van der Waals surface area contributed by atoms with Gasteiger partial charge in [-0.3, -0.25) is 0 Å². The van der Waals surface area contributed by atoms with Crippen LogP contribution in [0.3, 0.4) is 0 Å². The second-order valence-corrected chi connectivity index (χ2v) is 6.22. The summed E-state index contributed by atoms with van der Waals surface area (Å²) in [6, 6.07) is 7.53. The van der Waals surface area contributed by atoms with Crippen LogP contribution >= 0.6 is 11.3 Å². The summed E-state index contributed by atoms with van der Waals surface area (Å²) < 4.78 is 6.29. The number of para-hydroxylation sites is 2. The normalized spacial score (nSPS) is 13.8. The van der Waals surface area contributed by atoms with E-state index in [0.29, 0.717) is 20.7 Å². The molecule has 3 rings (SSSR count). The van der Waals surface area contributed by atoms with Crippen molar-refractivity contribution in [1.82, 2.24) is 15.0 Å². The Kier molecular flexibility index (Phi) is 4.35. The number of ether oxygens (including phenoxy) is 1. The van der Waals surface area contributed by atoms with Gasteiger partial charge in [-0.1, -0.05) is 12.1 Å². The summed E-state index contributed by atoms with van der Waals surface area (Å²) in [6.07, 6.45) is 0. The quantitative estimate of drug-likeness (QED) is 0.708. The molecule has 1 aromatic carbocycles. The second-order valence-electron chi connectivity index (χ2n) is 5.22. The Morgan fingerprint density at radius 2 is 2.08 bits per heavy atom. The lowest BCUT2D eigenvalue weighted by atomic mass is 10.3. The molecule has 0 saturated carbocycles. The first-order valence-electron chi connectivity index (χ1n) is 7.51. The predicted octanol–water partition coefficient (Wildman–Crippen LogP) is 1.78. The van der Waals surface area contributed by atoms with Crippen LogP contribution in [0, 0.1) is 6.92 Å². The van der Waals surface area contributed by atoms with Gasteiger partial charge in [-0.2, -0.15) is 0 Å². The molecule has 6 nitrogen and oxygen atoms in total. The number of hydrogen-bond donors (Lipinski definition) is 2. The van der Waals surface area contributed by atoms with E-state index in [2.05, 4.69) is 15.0 Å². The fourth-order valence-electron chi connectivity index (χ4n) is 2.40. The number of aliphatic hydroxyl groups excluding tert-OH is 1. The van der Waals surface area contributed by atoms with E-state index in [4.69, 9.17) is 4.74 Å². The molecule has 0 saturated heterocycles. The van der Waals surface area contributed by atoms with Gasteiger partial charge in [0.25, 0.3) is 0 Å². The number of hydrogen-bond acceptors (Lipinski definition) is 6. The third kappa shape index (κ3) is 2.90. The SMILES string of the molecule is CCOC(=O)/C(c1nc2ccccc2[nH]1)=c1/nc(C)/c(=C(\C)O)s1. The third-order valence-corrected chi connectivity index (χ3v) is 4.73. The van der Waals surface area contributed by atoms with Crippen LogP contribution in [0.25, 0.3) is 22.4 Å². The largest absolute Gasteiger partial charge is 0.511 e. The van der Waals surface area contributed by atoms with Gasteiger partial charge >= 0.3 is 5.97 Å². The van der Waals surface area contributed by atoms with Crippen LogP contribution < -0.4 is 9.20 Å². The Morgan fingerprint density at radius 1 is 1.33 bits per heavy atom. The third-order valence-electron chi connectivity index (χ3n) is 3.44. The van der Waals surface area contributed by atoms with Gasteiger partial charge in [0.05, 0.1) is 27.9 Å². The number of aliphatic hydroxyl groups is 1. The number of nitrogens with one attached hydrogen (secondary N) is 1. The van der Waals surface area contributed by atoms with Crippen molar-refractivity contribution in [3.8, 4) is 0 Å². The standard InChI is InChI=1S/C17H17N3O3S/c1-4-23-17(22)13(16-18-9(2)14(24-16)10(3)21)15-19-11-7-5-6-8-12(11)20-15/h5-8,21H,4H2,1-3H3,(H,19,20)/b14-10-,16-13-. The van der Waals surface area contributed by atoms with Gasteiger partial charge in [0, 0.05) is 0 Å². The van der Waals surface area contributed by atoms with E-state index in [9.17, 15) is 9.90 Å². The molecule has 0 aliphatic heterocycles. The summed E-state index contributed by atoms with van der Waals surface area (Å²) in [7, 11) is 0. The molecule has 0 spiro atoms. The molecule has 2 N–H and O–H groups in total. The maximum atomic E-state index is 12.5. The van der Waals surface area contributed by atoms with Gasteiger partial charge in [0.2, 0.25) is 0 Å². The maximum absolute atomic E-state index is 12.5. The molecule has 0 unspecified atom stereocenters. The van der Waals surface area contributed by atoms with Gasteiger partial charge in [-0.25, -0.2) is 14.8 Å². The minimum Gasteiger partial charge on any atom is -0.511 e. The number of carbonyl (C=O) groups is 1. The minimum absolute atomic E-state index is 0.170. The fraction of sp³-hybridized carbons (Fsp3) is 0.235. The van der Waals surface area contributed by atoms with Crippen molar-refractivity contribution < 1.29 is 14.6 Å². The predicted molar refractivity (Wildman–Crippen MR) is 93.0 cm³/mol. The van der Waals surface area contributed by atoms with E-state index in [1.165, 1.54) is 11.3 Å². The molecule has 24 heavy (non-hydrogen) atoms. The molecule has 2 aromatic heterocycles. The summed E-state index contributed by atoms with van der Waals surface area (Å²) in [5.74, 6) is 0.0852. The minimum atomic E-state index is -0.493. The van der Waals surface area contributed by atoms with Crippen molar-refractivity contribution in [1.29, 1.82) is 0 Å². The molecule has 0 aliphatic rings. The van der Waals surface area contributed by atoms with E-state index >= 15 is 0 Å². The first kappa shape index (κ1) is 16.2. The topological polar surface area (TPSA) is 88.1 Å². The van der Waals surface area contributed by atoms with Crippen LogP contribution in [0.1, 0.15) is 25.4 Å². The van der Waals surface area contributed by atoms with E-state index in [1.807, 2.05) is 24.3 Å². The smallest absolute Gasteiger partial charge is 0.345 e. The highest BCUT2D eigenvalue weighted by Gasteiger charge is 2.20. The van der Waals surface area contributed by atoms with Crippen molar-refractivity contribution in [3.63, 3.8) is 0 Å². The highest BCUT2D eigenvalue weighted by molar-refractivity contribution is 7.07. The monoisotopic (exact) mass is 343 g/mol. The Bertz CT molecular complexity index is 996. The van der Waals surface area contributed by atoms with Crippen molar-refractivity contribution >= 4 is 39.7 Å². The van der Waals surface area contributed by atoms with E-state index in [-0.39, 0.29) is 17.9 Å². The van der Waals surface area contributed by atoms with Crippen LogP contribution in [0.2, 0.25) is 0 Å². The zero-order chi connectivity index (χ0) is 17.3. The number of esters is 1. The number of thiazole rings is 1. The van der Waals surface area contributed by atoms with Crippen LogP contribution in [0.5, 0.6) is 0 Å². The summed E-state index contributed by atoms with van der Waals surface area (Å²) in [6.45, 7) is 5.38. The Balaban J connectivity index is 2.32. The number of nitrogens with zero attached hydrogens (tertiary/aromatic N) is 2. The zero-order valence-electron chi connectivity index (χ0n) is 13.6. The number of carbonyl (C=O) groups excluding carboxylic acids is 1. The number of aromatic amines is 1. The van der Waals surface area contributed by atoms with E-state index in [0.717, 1.165) is 11.0 Å². The molecule has 0 atom stereocenters. The number of H-pyrrole nitrogens is 1. The molecule has 0 radical (unpaired) electrons. The molecule has 2 heterocycles. The highest BCUT2D eigenvalue weighted by atomic mass is 32.1. The molecule has 0 bridgehead atoms.